The van der Waals surface area contributed by atoms with Gasteiger partial charge in [-0.3, -0.25) is 4.90 Å². The average Bonchev–Trinajstić information content (AvgIpc) is 3.25. The molecule has 0 radical (unpaired) electrons. The van der Waals surface area contributed by atoms with E-state index in [4.69, 9.17) is 19.9 Å². The van der Waals surface area contributed by atoms with Crippen LogP contribution in [-0.4, -0.2) is 79.1 Å². The first-order chi connectivity index (χ1) is 22.8. The van der Waals surface area contributed by atoms with Gasteiger partial charge < -0.3 is 30.0 Å². The largest absolute Gasteiger partial charge is 0.472 e. The van der Waals surface area contributed by atoms with E-state index < -0.39 is 93.0 Å². The second-order valence-electron chi connectivity index (χ2n) is 14.6. The lowest BCUT2D eigenvalue weighted by Gasteiger charge is -2.48. The minimum Gasteiger partial charge on any atom is -0.472 e. The van der Waals surface area contributed by atoms with Crippen LogP contribution >= 0.6 is 0 Å². The Labute approximate surface area is 278 Å². The van der Waals surface area contributed by atoms with Crippen LogP contribution in [0.15, 0.2) is 6.07 Å². The SMILES string of the molecule is Cc1c(F)c(N)cc(-c2nc3c4c(nc(O[C@]5(C)CC[C@@H]5O)nc4c2F)N2C[C@H]4CC[C@@H]([C@H]2[C@H](C)O3)N4C(=O)OC(C)(C)C)c1C(F)(F)F. The number of rotatable bonds is 3. The van der Waals surface area contributed by atoms with Crippen LogP contribution in [-0.2, 0) is 10.9 Å². The lowest BCUT2D eigenvalue weighted by atomic mass is 9.78. The van der Waals surface area contributed by atoms with Gasteiger partial charge in [0.25, 0.3) is 0 Å². The van der Waals surface area contributed by atoms with Crippen molar-refractivity contribution in [3.05, 3.63) is 28.8 Å². The number of aliphatic hydroxyl groups is 1. The van der Waals surface area contributed by atoms with Gasteiger partial charge in [0.1, 0.15) is 45.5 Å². The number of amides is 1. The molecular formula is C33H37F5N6O5. The summed E-state index contributed by atoms with van der Waals surface area (Å²) >= 11 is 0. The number of nitrogens with two attached hydrogens (primary N) is 1. The first-order valence-electron chi connectivity index (χ1n) is 16.2. The lowest BCUT2D eigenvalue weighted by Crippen LogP contribution is -2.65. The number of pyridine rings is 1. The van der Waals surface area contributed by atoms with Crippen molar-refractivity contribution >= 4 is 28.5 Å². The molecule has 6 atom stereocenters. The van der Waals surface area contributed by atoms with E-state index in [1.54, 1.807) is 39.5 Å². The molecule has 1 saturated carbocycles. The van der Waals surface area contributed by atoms with Gasteiger partial charge >= 0.3 is 18.3 Å². The fraction of sp³-hybridized carbons (Fsp3) is 0.576. The molecule has 3 aliphatic heterocycles. The van der Waals surface area contributed by atoms with Crippen LogP contribution in [0.4, 0.5) is 38.3 Å². The van der Waals surface area contributed by atoms with Crippen molar-refractivity contribution in [2.24, 2.45) is 0 Å². The molecule has 1 aromatic carbocycles. The highest BCUT2D eigenvalue weighted by Gasteiger charge is 2.54. The van der Waals surface area contributed by atoms with Crippen LogP contribution in [0.3, 0.4) is 0 Å². The number of carbonyl (C=O) groups is 1. The molecule has 1 amide bonds. The van der Waals surface area contributed by atoms with Crippen molar-refractivity contribution in [2.45, 2.75) is 115 Å². The van der Waals surface area contributed by atoms with E-state index in [9.17, 15) is 27.5 Å². The average molecular weight is 693 g/mol. The highest BCUT2D eigenvalue weighted by molar-refractivity contribution is 5.98. The predicted molar refractivity (Wildman–Crippen MR) is 167 cm³/mol. The second-order valence-corrected chi connectivity index (χ2v) is 14.6. The molecule has 3 aromatic rings. The molecule has 2 bridgehead atoms. The topological polar surface area (TPSA) is 136 Å². The van der Waals surface area contributed by atoms with E-state index in [2.05, 4.69) is 15.0 Å². The summed E-state index contributed by atoms with van der Waals surface area (Å²) in [4.78, 5) is 30.4. The molecule has 5 heterocycles. The molecule has 2 saturated heterocycles. The van der Waals surface area contributed by atoms with Crippen LogP contribution in [0.25, 0.3) is 22.2 Å². The third-order valence-electron chi connectivity index (χ3n) is 10.1. The third-order valence-corrected chi connectivity index (χ3v) is 10.1. The molecule has 0 unspecified atom stereocenters. The zero-order valence-corrected chi connectivity index (χ0v) is 27.8. The van der Waals surface area contributed by atoms with Crippen molar-refractivity contribution in [2.75, 3.05) is 17.2 Å². The van der Waals surface area contributed by atoms with Gasteiger partial charge in [-0.15, -0.1) is 0 Å². The van der Waals surface area contributed by atoms with Crippen molar-refractivity contribution in [1.29, 1.82) is 0 Å². The van der Waals surface area contributed by atoms with Crippen LogP contribution in [0, 0.1) is 18.6 Å². The number of fused-ring (bicyclic) bond motifs is 5. The normalized spacial score (nSPS) is 27.7. The number of benzene rings is 1. The van der Waals surface area contributed by atoms with Gasteiger partial charge in [0.2, 0.25) is 5.88 Å². The summed E-state index contributed by atoms with van der Waals surface area (Å²) in [7, 11) is 0. The quantitative estimate of drug-likeness (QED) is 0.252. The smallest absolute Gasteiger partial charge is 0.417 e. The Kier molecular flexibility index (Phi) is 7.40. The van der Waals surface area contributed by atoms with Crippen molar-refractivity contribution < 1.29 is 46.1 Å². The van der Waals surface area contributed by atoms with E-state index in [0.29, 0.717) is 31.7 Å². The fourth-order valence-corrected chi connectivity index (χ4v) is 7.62. The highest BCUT2D eigenvalue weighted by atomic mass is 19.4. The Morgan fingerprint density at radius 2 is 1.84 bits per heavy atom. The number of aliphatic hydroxyl groups excluding tert-OH is 1. The molecule has 264 valence electrons. The van der Waals surface area contributed by atoms with Gasteiger partial charge in [-0.05, 0) is 78.9 Å². The Bertz CT molecular complexity index is 1890. The molecule has 1 aliphatic carbocycles. The summed E-state index contributed by atoms with van der Waals surface area (Å²) < 4.78 is 93.1. The summed E-state index contributed by atoms with van der Waals surface area (Å²) in [6.45, 7) is 9.85. The zero-order chi connectivity index (χ0) is 35.5. The maximum atomic E-state index is 16.8. The summed E-state index contributed by atoms with van der Waals surface area (Å²) in [6.07, 6.45) is -5.07. The van der Waals surface area contributed by atoms with E-state index in [-0.39, 0.29) is 35.7 Å². The van der Waals surface area contributed by atoms with E-state index >= 15 is 4.39 Å². The monoisotopic (exact) mass is 692 g/mol. The third kappa shape index (κ3) is 5.24. The maximum Gasteiger partial charge on any atom is 0.417 e. The Balaban J connectivity index is 1.45. The van der Waals surface area contributed by atoms with Gasteiger partial charge in [0, 0.05) is 12.1 Å². The van der Waals surface area contributed by atoms with Crippen LogP contribution in [0.2, 0.25) is 0 Å². The zero-order valence-electron chi connectivity index (χ0n) is 27.8. The highest BCUT2D eigenvalue weighted by Crippen LogP contribution is 2.49. The number of aromatic nitrogens is 3. The number of hydrogen-bond donors (Lipinski definition) is 2. The molecule has 4 aliphatic rings. The summed E-state index contributed by atoms with van der Waals surface area (Å²) in [6, 6.07) is -0.925. The Morgan fingerprint density at radius 3 is 2.45 bits per heavy atom. The van der Waals surface area contributed by atoms with Crippen LogP contribution in [0.1, 0.15) is 71.4 Å². The molecule has 3 N–H and O–H groups in total. The van der Waals surface area contributed by atoms with Gasteiger partial charge in [-0.1, -0.05) is 0 Å². The number of hydrogen-bond acceptors (Lipinski definition) is 10. The number of anilines is 2. The molecule has 0 spiro atoms. The Morgan fingerprint density at radius 1 is 1.12 bits per heavy atom. The fourth-order valence-electron chi connectivity index (χ4n) is 7.62. The minimum absolute atomic E-state index is 0.00672. The number of nitrogens with zero attached hydrogens (tertiary/aromatic N) is 5. The summed E-state index contributed by atoms with van der Waals surface area (Å²) in [5.41, 5.74) is -1.02. The predicted octanol–water partition coefficient (Wildman–Crippen LogP) is 5.91. The van der Waals surface area contributed by atoms with Gasteiger partial charge in [0.05, 0.1) is 35.5 Å². The molecule has 3 fully saturated rings. The molecular weight excluding hydrogens is 655 g/mol. The van der Waals surface area contributed by atoms with Crippen LogP contribution < -0.4 is 20.1 Å². The minimum atomic E-state index is -5.11. The number of alkyl halides is 3. The molecule has 11 nitrogen and oxygen atoms in total. The number of piperazine rings is 1. The lowest BCUT2D eigenvalue weighted by molar-refractivity contribution is -0.137. The summed E-state index contributed by atoms with van der Waals surface area (Å²) in [5.74, 6) is -2.63. The molecule has 7 rings (SSSR count). The van der Waals surface area contributed by atoms with E-state index in [1.807, 2.05) is 4.90 Å². The first kappa shape index (κ1) is 33.3. The molecule has 16 heteroatoms. The van der Waals surface area contributed by atoms with Crippen molar-refractivity contribution in [3.63, 3.8) is 0 Å². The first-order valence-corrected chi connectivity index (χ1v) is 16.2. The Hall–Kier alpha value is -4.21. The second kappa shape index (κ2) is 10.9. The standard InChI is InChI=1S/C33H37F5N6O5/c1-13-21(33(36,37)38)16(11-17(39)22(13)34)24-23(35)25-20-27(42-29(41-25)48-32(6)10-9-19(32)45)43-12-15-7-8-18(26(43)14(2)47-28(20)40-24)44(15)30(46)49-31(3,4)5/h11,14-15,18-19,26,45H,7-10,12,39H2,1-6H3/t14-,15+,18-,19-,26+,32+/m0/s1. The maximum absolute atomic E-state index is 16.8. The number of nitrogen functional groups attached to an aromatic ring is 1. The van der Waals surface area contributed by atoms with Crippen LogP contribution in [0.5, 0.6) is 11.9 Å². The number of carbonyl (C=O) groups excluding carboxylic acids is 1. The van der Waals surface area contributed by atoms with Crippen molar-refractivity contribution in [3.8, 4) is 23.1 Å². The van der Waals surface area contributed by atoms with Gasteiger partial charge in [0.15, 0.2) is 5.82 Å². The van der Waals surface area contributed by atoms with E-state index in [0.717, 1.165) is 6.92 Å². The molecule has 49 heavy (non-hydrogen) atoms. The van der Waals surface area contributed by atoms with E-state index in [1.165, 1.54) is 0 Å². The van der Waals surface area contributed by atoms with Gasteiger partial charge in [-0.2, -0.15) is 23.1 Å². The number of ether oxygens (including phenoxy) is 3. The molecule has 2 aromatic heterocycles. The van der Waals surface area contributed by atoms with Crippen molar-refractivity contribution in [1.82, 2.24) is 19.9 Å². The summed E-state index contributed by atoms with van der Waals surface area (Å²) in [5, 5.41) is 10.5. The number of halogens is 5. The van der Waals surface area contributed by atoms with Gasteiger partial charge in [-0.25, -0.2) is 18.6 Å².